The maximum atomic E-state index is 14.0. The summed E-state index contributed by atoms with van der Waals surface area (Å²) in [6.45, 7) is 2.41. The Morgan fingerprint density at radius 1 is 1.26 bits per heavy atom. The Kier molecular flexibility index (Phi) is 5.65. The summed E-state index contributed by atoms with van der Waals surface area (Å²) in [6.07, 6.45) is 9.27. The zero-order chi connectivity index (χ0) is 22.2. The number of alkyl halides is 2. The molecule has 3 unspecified atom stereocenters. The summed E-state index contributed by atoms with van der Waals surface area (Å²) in [7, 11) is 0. The fourth-order valence-corrected chi connectivity index (χ4v) is 3.67. The highest BCUT2D eigenvalue weighted by Crippen LogP contribution is 2.24. The van der Waals surface area contributed by atoms with Gasteiger partial charge in [-0.15, -0.1) is 0 Å². The van der Waals surface area contributed by atoms with Gasteiger partial charge < -0.3 is 10.2 Å². The predicted octanol–water partition coefficient (Wildman–Crippen LogP) is 0.605. The molecule has 0 aliphatic carbocycles. The zero-order valence-electron chi connectivity index (χ0n) is 17.2. The number of quaternary nitrogens is 1. The molecule has 31 heavy (non-hydrogen) atoms. The minimum absolute atomic E-state index is 0.146. The molecule has 0 aromatic carbocycles. The predicted molar refractivity (Wildman–Crippen MR) is 109 cm³/mol. The minimum Gasteiger partial charge on any atom is -0.394 e. The maximum absolute atomic E-state index is 14.0. The van der Waals surface area contributed by atoms with Gasteiger partial charge in [-0.3, -0.25) is 4.68 Å². The Bertz CT molecular complexity index is 1130. The molecule has 0 spiro atoms. The Labute approximate surface area is 176 Å². The highest BCUT2D eigenvalue weighted by atomic mass is 19.3. The van der Waals surface area contributed by atoms with Gasteiger partial charge in [0.25, 0.3) is 5.92 Å². The van der Waals surface area contributed by atoms with Gasteiger partial charge in [0.2, 0.25) is 0 Å². The van der Waals surface area contributed by atoms with Gasteiger partial charge >= 0.3 is 0 Å². The van der Waals surface area contributed by atoms with Crippen molar-refractivity contribution in [1.29, 1.82) is 0 Å². The van der Waals surface area contributed by atoms with Gasteiger partial charge in [-0.05, 0) is 6.07 Å². The van der Waals surface area contributed by atoms with Crippen LogP contribution in [0.1, 0.15) is 26.0 Å². The number of aromatic nitrogens is 5. The Morgan fingerprint density at radius 2 is 2.06 bits per heavy atom. The molecule has 164 valence electrons. The lowest BCUT2D eigenvalue weighted by Gasteiger charge is -2.22. The molecule has 1 aliphatic heterocycles. The van der Waals surface area contributed by atoms with E-state index in [1.165, 1.54) is 4.68 Å². The third kappa shape index (κ3) is 4.24. The highest BCUT2D eigenvalue weighted by molar-refractivity contribution is 6.11. The average Bonchev–Trinajstić information content (AvgIpc) is 3.47. The molecular weight excluding hydrogens is 408 g/mol. The number of rotatable bonds is 8. The fourth-order valence-electron chi connectivity index (χ4n) is 3.67. The van der Waals surface area contributed by atoms with E-state index in [1.54, 1.807) is 54.7 Å². The molecule has 0 saturated carbocycles. The van der Waals surface area contributed by atoms with Crippen molar-refractivity contribution >= 4 is 17.3 Å². The number of halogens is 2. The van der Waals surface area contributed by atoms with Gasteiger partial charge in [0.05, 0.1) is 60.8 Å². The average molecular weight is 432 g/mol. The van der Waals surface area contributed by atoms with Crippen LogP contribution in [-0.4, -0.2) is 65.5 Å². The van der Waals surface area contributed by atoms with E-state index in [0.717, 1.165) is 12.4 Å². The second kappa shape index (κ2) is 8.25. The standard InChI is InChI=1S/C20H23F2N7O2/c1-3-18(20(2,21)22)29-9-14(7-25-29)19-17-4-5-23-28(17)11-16(26-19)13-6-24-27(8-13)10-15(31)12-30/h4-9,11,15,18,30-31H,3,10,12H2,1-2H3/p+1. The monoisotopic (exact) mass is 432 g/mol. The van der Waals surface area contributed by atoms with Crippen molar-refractivity contribution in [1.82, 2.24) is 24.4 Å². The van der Waals surface area contributed by atoms with E-state index in [2.05, 4.69) is 15.3 Å². The van der Waals surface area contributed by atoms with Crippen LogP contribution < -0.4 is 5.01 Å². The van der Waals surface area contributed by atoms with E-state index in [4.69, 9.17) is 10.1 Å². The summed E-state index contributed by atoms with van der Waals surface area (Å²) in [5.74, 6) is -2.87. The van der Waals surface area contributed by atoms with Gasteiger partial charge in [0, 0.05) is 25.1 Å². The van der Waals surface area contributed by atoms with Gasteiger partial charge in [0.15, 0.2) is 6.04 Å². The SMILES string of the molecule is CCC([NH+]1C=C(c2nc(-c3cnn(CC(O)CO)c3)cn3nccc23)C=N1)C(C)(F)F. The highest BCUT2D eigenvalue weighted by Gasteiger charge is 2.42. The summed E-state index contributed by atoms with van der Waals surface area (Å²) in [5, 5.41) is 31.7. The third-order valence-electron chi connectivity index (χ3n) is 5.23. The van der Waals surface area contributed by atoms with Crippen LogP contribution in [0.5, 0.6) is 0 Å². The van der Waals surface area contributed by atoms with Gasteiger partial charge in [0.1, 0.15) is 11.9 Å². The first kappa shape index (κ1) is 21.2. The summed E-state index contributed by atoms with van der Waals surface area (Å²) in [5.41, 5.74) is 3.20. The third-order valence-corrected chi connectivity index (χ3v) is 5.23. The second-order valence-corrected chi connectivity index (χ2v) is 7.62. The van der Waals surface area contributed by atoms with Crippen LogP contribution in [0.4, 0.5) is 8.78 Å². The first-order valence-corrected chi connectivity index (χ1v) is 9.97. The Balaban J connectivity index is 1.71. The summed E-state index contributed by atoms with van der Waals surface area (Å²) in [4.78, 5) is 4.73. The van der Waals surface area contributed by atoms with E-state index < -0.39 is 18.1 Å². The van der Waals surface area contributed by atoms with Crippen molar-refractivity contribution in [3.05, 3.63) is 42.7 Å². The molecule has 0 amide bonds. The molecule has 0 radical (unpaired) electrons. The van der Waals surface area contributed by atoms with Crippen LogP contribution in [0.2, 0.25) is 0 Å². The molecule has 11 heteroatoms. The lowest BCUT2D eigenvalue weighted by molar-refractivity contribution is -0.888. The lowest BCUT2D eigenvalue weighted by Crippen LogP contribution is -3.08. The topological polar surface area (TPSA) is 105 Å². The van der Waals surface area contributed by atoms with Crippen LogP contribution in [-0.2, 0) is 6.54 Å². The van der Waals surface area contributed by atoms with Gasteiger partial charge in [-0.1, -0.05) is 12.0 Å². The Morgan fingerprint density at radius 3 is 2.77 bits per heavy atom. The first-order valence-electron chi connectivity index (χ1n) is 9.97. The van der Waals surface area contributed by atoms with E-state index in [9.17, 15) is 13.9 Å². The normalized spacial score (nSPS) is 18.5. The molecule has 4 heterocycles. The summed E-state index contributed by atoms with van der Waals surface area (Å²) < 4.78 is 31.1. The number of allylic oxidation sites excluding steroid dienone is 1. The summed E-state index contributed by atoms with van der Waals surface area (Å²) >= 11 is 0. The number of fused-ring (bicyclic) bond motifs is 1. The first-order chi connectivity index (χ1) is 14.8. The van der Waals surface area contributed by atoms with Crippen molar-refractivity contribution in [2.24, 2.45) is 5.10 Å². The number of hydrogen-bond acceptors (Lipinski definition) is 6. The number of nitrogens with one attached hydrogen (secondary N) is 1. The second-order valence-electron chi connectivity index (χ2n) is 7.62. The molecule has 1 aliphatic rings. The van der Waals surface area contributed by atoms with Crippen LogP contribution >= 0.6 is 0 Å². The number of hydrogen-bond donors (Lipinski definition) is 3. The molecular formula is C20H24F2N7O2+. The van der Waals surface area contributed by atoms with E-state index in [-0.39, 0.29) is 19.6 Å². The smallest absolute Gasteiger partial charge is 0.298 e. The molecule has 3 aromatic heterocycles. The molecule has 0 fully saturated rings. The lowest BCUT2D eigenvalue weighted by atomic mass is 10.1. The van der Waals surface area contributed by atoms with Crippen LogP contribution in [0.25, 0.3) is 22.3 Å². The van der Waals surface area contributed by atoms with E-state index in [0.29, 0.717) is 27.5 Å². The molecule has 3 atom stereocenters. The molecule has 0 saturated heterocycles. The fraction of sp³-hybridized carbons (Fsp3) is 0.400. The molecule has 3 N–H and O–H groups in total. The van der Waals surface area contributed by atoms with Crippen molar-refractivity contribution in [3.8, 4) is 11.3 Å². The van der Waals surface area contributed by atoms with E-state index in [1.807, 2.05) is 0 Å². The largest absolute Gasteiger partial charge is 0.394 e. The van der Waals surface area contributed by atoms with Crippen molar-refractivity contribution < 1.29 is 24.0 Å². The molecule has 4 rings (SSSR count). The minimum atomic E-state index is -2.87. The van der Waals surface area contributed by atoms with Crippen LogP contribution in [0.15, 0.2) is 42.2 Å². The van der Waals surface area contributed by atoms with Gasteiger partial charge in [-0.25, -0.2) is 18.3 Å². The number of aliphatic hydroxyl groups excluding tert-OH is 2. The van der Waals surface area contributed by atoms with Crippen molar-refractivity contribution in [3.63, 3.8) is 0 Å². The molecule has 3 aromatic rings. The van der Waals surface area contributed by atoms with Crippen molar-refractivity contribution in [2.45, 2.75) is 44.9 Å². The molecule has 9 nitrogen and oxygen atoms in total. The van der Waals surface area contributed by atoms with Gasteiger partial charge in [-0.2, -0.15) is 15.2 Å². The van der Waals surface area contributed by atoms with E-state index >= 15 is 0 Å². The summed E-state index contributed by atoms with van der Waals surface area (Å²) in [6, 6.07) is 0.826. The number of nitrogens with zero attached hydrogens (tertiary/aromatic N) is 6. The number of aliphatic hydroxyl groups is 2. The Hall–Kier alpha value is -3.02. The van der Waals surface area contributed by atoms with Crippen LogP contribution in [0, 0.1) is 0 Å². The maximum Gasteiger partial charge on any atom is 0.298 e. The zero-order valence-corrected chi connectivity index (χ0v) is 17.2. The van der Waals surface area contributed by atoms with Crippen molar-refractivity contribution in [2.75, 3.05) is 6.61 Å². The quantitative estimate of drug-likeness (QED) is 0.484. The van der Waals surface area contributed by atoms with Crippen LogP contribution in [0.3, 0.4) is 0 Å². The molecule has 0 bridgehead atoms.